The Morgan fingerprint density at radius 3 is 2.60 bits per heavy atom. The maximum Gasteiger partial charge on any atom is 0.260 e. The van der Waals surface area contributed by atoms with Gasteiger partial charge in [-0.1, -0.05) is 39.0 Å². The summed E-state index contributed by atoms with van der Waals surface area (Å²) in [7, 11) is 0. The molecule has 1 amide bonds. The molecule has 1 aromatic rings. The largest absolute Gasteiger partial charge is 0.481 e. The van der Waals surface area contributed by atoms with E-state index >= 15 is 0 Å². The summed E-state index contributed by atoms with van der Waals surface area (Å²) in [4.78, 5) is 14.8. The van der Waals surface area contributed by atoms with Crippen LogP contribution >= 0.6 is 0 Å². The molecule has 0 spiro atoms. The predicted molar refractivity (Wildman–Crippen MR) is 103 cm³/mol. The molecule has 0 unspecified atom stereocenters. The van der Waals surface area contributed by atoms with E-state index in [9.17, 15) is 4.79 Å². The summed E-state index contributed by atoms with van der Waals surface area (Å²) < 4.78 is 5.90. The van der Waals surface area contributed by atoms with Gasteiger partial charge >= 0.3 is 0 Å². The molecule has 0 aromatic heterocycles. The van der Waals surface area contributed by atoms with Crippen LogP contribution in [0.2, 0.25) is 0 Å². The van der Waals surface area contributed by atoms with Crippen molar-refractivity contribution in [2.45, 2.75) is 59.0 Å². The third-order valence-corrected chi connectivity index (χ3v) is 5.04. The van der Waals surface area contributed by atoms with E-state index in [0.29, 0.717) is 12.5 Å². The number of rotatable bonds is 8. The Kier molecular flexibility index (Phi) is 7.76. The number of likely N-dealkylation sites (tertiary alicyclic amines) is 1. The summed E-state index contributed by atoms with van der Waals surface area (Å²) in [6.45, 7) is 12.6. The normalized spacial score (nSPS) is 17.5. The number of carbonyl (C=O) groups is 1. The average molecular weight is 347 g/mol. The summed E-state index contributed by atoms with van der Waals surface area (Å²) in [6, 6.07) is 7.96. The van der Waals surface area contributed by atoms with E-state index in [2.05, 4.69) is 37.1 Å². The Bertz CT molecular complexity index is 536. The second kappa shape index (κ2) is 9.81. The minimum atomic E-state index is -0.476. The molecule has 1 fully saturated rings. The van der Waals surface area contributed by atoms with Crippen molar-refractivity contribution in [2.24, 2.45) is 5.92 Å². The Balaban J connectivity index is 1.70. The first-order chi connectivity index (χ1) is 12.0. The molecule has 0 bridgehead atoms. The molecule has 0 aliphatic carbocycles. The van der Waals surface area contributed by atoms with Crippen LogP contribution in [0.5, 0.6) is 5.75 Å². The summed E-state index contributed by atoms with van der Waals surface area (Å²) >= 11 is 0. The van der Waals surface area contributed by atoms with Crippen LogP contribution in [0, 0.1) is 5.92 Å². The Morgan fingerprint density at radius 1 is 1.24 bits per heavy atom. The van der Waals surface area contributed by atoms with Crippen molar-refractivity contribution in [1.82, 2.24) is 10.2 Å². The SMILES string of the molecule is CC1CCN(CCCNC(=O)[C@@H](C)Oc2ccccc2C(C)C)CC1. The van der Waals surface area contributed by atoms with E-state index in [1.165, 1.54) is 25.9 Å². The molecule has 2 rings (SSSR count). The van der Waals surface area contributed by atoms with Gasteiger partial charge in [-0.3, -0.25) is 4.79 Å². The fourth-order valence-corrected chi connectivity index (χ4v) is 3.25. The van der Waals surface area contributed by atoms with Crippen molar-refractivity contribution in [3.63, 3.8) is 0 Å². The zero-order valence-corrected chi connectivity index (χ0v) is 16.3. The van der Waals surface area contributed by atoms with Crippen molar-refractivity contribution >= 4 is 5.91 Å². The lowest BCUT2D eigenvalue weighted by molar-refractivity contribution is -0.127. The van der Waals surface area contributed by atoms with Crippen LogP contribution in [0.15, 0.2) is 24.3 Å². The van der Waals surface area contributed by atoms with Gasteiger partial charge in [0.15, 0.2) is 6.10 Å². The quantitative estimate of drug-likeness (QED) is 0.728. The third kappa shape index (κ3) is 6.35. The molecule has 1 atom stereocenters. The van der Waals surface area contributed by atoms with Crippen molar-refractivity contribution in [3.05, 3.63) is 29.8 Å². The molecule has 140 valence electrons. The third-order valence-electron chi connectivity index (χ3n) is 5.04. The number of para-hydroxylation sites is 1. The van der Waals surface area contributed by atoms with Gasteiger partial charge in [-0.2, -0.15) is 0 Å². The molecule has 25 heavy (non-hydrogen) atoms. The Hall–Kier alpha value is -1.55. The van der Waals surface area contributed by atoms with Gasteiger partial charge in [0, 0.05) is 6.54 Å². The van der Waals surface area contributed by atoms with Gasteiger partial charge in [-0.25, -0.2) is 0 Å². The summed E-state index contributed by atoms with van der Waals surface area (Å²) in [5.74, 6) is 2.01. The van der Waals surface area contributed by atoms with E-state index in [1.807, 2.05) is 25.1 Å². The van der Waals surface area contributed by atoms with Crippen molar-refractivity contribution in [3.8, 4) is 5.75 Å². The van der Waals surface area contributed by atoms with Crippen LogP contribution in [0.3, 0.4) is 0 Å². The van der Waals surface area contributed by atoms with Crippen LogP contribution < -0.4 is 10.1 Å². The van der Waals surface area contributed by atoms with E-state index < -0.39 is 6.10 Å². The highest BCUT2D eigenvalue weighted by Gasteiger charge is 2.18. The number of benzene rings is 1. The first-order valence-electron chi connectivity index (χ1n) is 9.73. The molecule has 1 saturated heterocycles. The Morgan fingerprint density at radius 2 is 1.92 bits per heavy atom. The lowest BCUT2D eigenvalue weighted by Gasteiger charge is -2.30. The van der Waals surface area contributed by atoms with Gasteiger partial charge in [0.2, 0.25) is 0 Å². The van der Waals surface area contributed by atoms with Crippen molar-refractivity contribution in [1.29, 1.82) is 0 Å². The Labute approximate surface area is 152 Å². The molecule has 1 heterocycles. The molecule has 1 aliphatic heterocycles. The van der Waals surface area contributed by atoms with Crippen molar-refractivity contribution < 1.29 is 9.53 Å². The number of hydrogen-bond acceptors (Lipinski definition) is 3. The predicted octanol–water partition coefficient (Wildman–Crippen LogP) is 3.82. The zero-order valence-electron chi connectivity index (χ0n) is 16.3. The smallest absolute Gasteiger partial charge is 0.260 e. The fourth-order valence-electron chi connectivity index (χ4n) is 3.25. The molecule has 1 N–H and O–H groups in total. The van der Waals surface area contributed by atoms with E-state index in [4.69, 9.17) is 4.74 Å². The molecule has 1 aliphatic rings. The first-order valence-corrected chi connectivity index (χ1v) is 9.73. The highest BCUT2D eigenvalue weighted by molar-refractivity contribution is 5.80. The standard InChI is InChI=1S/C21H34N2O2/c1-16(2)19-8-5-6-9-20(19)25-18(4)21(24)22-12-7-13-23-14-10-17(3)11-15-23/h5-6,8-9,16-18H,7,10-15H2,1-4H3,(H,22,24)/t18-/m1/s1. The number of hydrogen-bond donors (Lipinski definition) is 1. The summed E-state index contributed by atoms with van der Waals surface area (Å²) in [6.07, 6.45) is 3.12. The van der Waals surface area contributed by atoms with Crippen LogP contribution in [0.1, 0.15) is 58.4 Å². The van der Waals surface area contributed by atoms with E-state index in [0.717, 1.165) is 30.2 Å². The number of nitrogens with one attached hydrogen (secondary N) is 1. The molecular weight excluding hydrogens is 312 g/mol. The number of ether oxygens (including phenoxy) is 1. The molecule has 0 radical (unpaired) electrons. The maximum atomic E-state index is 12.3. The average Bonchev–Trinajstić information content (AvgIpc) is 2.60. The van der Waals surface area contributed by atoms with E-state index in [-0.39, 0.29) is 5.91 Å². The topological polar surface area (TPSA) is 41.6 Å². The molecular formula is C21H34N2O2. The first kappa shape index (κ1) is 19.8. The molecule has 4 heteroatoms. The highest BCUT2D eigenvalue weighted by Crippen LogP contribution is 2.26. The summed E-state index contributed by atoms with van der Waals surface area (Å²) in [5, 5.41) is 3.01. The molecule has 0 saturated carbocycles. The van der Waals surface area contributed by atoms with E-state index in [1.54, 1.807) is 0 Å². The van der Waals surface area contributed by atoms with Crippen LogP contribution in [0.4, 0.5) is 0 Å². The number of piperidine rings is 1. The van der Waals surface area contributed by atoms with Gasteiger partial charge in [0.05, 0.1) is 0 Å². The zero-order chi connectivity index (χ0) is 18.2. The van der Waals surface area contributed by atoms with Crippen LogP contribution in [-0.2, 0) is 4.79 Å². The lowest BCUT2D eigenvalue weighted by Crippen LogP contribution is -2.39. The van der Waals surface area contributed by atoms with Gasteiger partial charge < -0.3 is 15.0 Å². The molecule has 4 nitrogen and oxygen atoms in total. The van der Waals surface area contributed by atoms with Crippen molar-refractivity contribution in [2.75, 3.05) is 26.2 Å². The second-order valence-electron chi connectivity index (χ2n) is 7.62. The minimum Gasteiger partial charge on any atom is -0.481 e. The monoisotopic (exact) mass is 346 g/mol. The second-order valence-corrected chi connectivity index (χ2v) is 7.62. The van der Waals surface area contributed by atoms with Crippen LogP contribution in [0.25, 0.3) is 0 Å². The summed E-state index contributed by atoms with van der Waals surface area (Å²) in [5.41, 5.74) is 1.14. The minimum absolute atomic E-state index is 0.0363. The molecule has 1 aromatic carbocycles. The van der Waals surface area contributed by atoms with Gasteiger partial charge in [-0.15, -0.1) is 0 Å². The fraction of sp³-hybridized carbons (Fsp3) is 0.667. The number of carbonyl (C=O) groups excluding carboxylic acids is 1. The lowest BCUT2D eigenvalue weighted by atomic mass is 9.99. The van der Waals surface area contributed by atoms with Gasteiger partial charge in [-0.05, 0) is 69.3 Å². The maximum absolute atomic E-state index is 12.3. The highest BCUT2D eigenvalue weighted by atomic mass is 16.5. The number of amides is 1. The van der Waals surface area contributed by atoms with Crippen LogP contribution in [-0.4, -0.2) is 43.1 Å². The van der Waals surface area contributed by atoms with Gasteiger partial charge in [0.25, 0.3) is 5.91 Å². The van der Waals surface area contributed by atoms with Gasteiger partial charge in [0.1, 0.15) is 5.75 Å². The number of nitrogens with zero attached hydrogens (tertiary/aromatic N) is 1.